The van der Waals surface area contributed by atoms with Crippen LogP contribution in [0.25, 0.3) is 11.3 Å². The van der Waals surface area contributed by atoms with Crippen LogP contribution in [-0.4, -0.2) is 90.0 Å². The summed E-state index contributed by atoms with van der Waals surface area (Å²) >= 11 is -2.40. The Bertz CT molecular complexity index is 2530. The second-order valence-electron chi connectivity index (χ2n) is 16.5. The molecule has 0 bridgehead atoms. The maximum absolute atomic E-state index is 13.6. The van der Waals surface area contributed by atoms with E-state index >= 15 is 0 Å². The van der Waals surface area contributed by atoms with E-state index in [1.165, 1.54) is 30.5 Å². The van der Waals surface area contributed by atoms with Crippen molar-refractivity contribution < 1.29 is 37.8 Å². The first-order chi connectivity index (χ1) is 31.5. The van der Waals surface area contributed by atoms with Gasteiger partial charge in [-0.25, -0.2) is 19.2 Å². The third-order valence-corrected chi connectivity index (χ3v) is 17.5. The van der Waals surface area contributed by atoms with Gasteiger partial charge in [-0.05, 0) is 37.1 Å². The van der Waals surface area contributed by atoms with E-state index in [0.717, 1.165) is 61.7 Å². The van der Waals surface area contributed by atoms with Gasteiger partial charge in [0.2, 0.25) is 6.10 Å². The normalized spacial score (nSPS) is 19.2. The van der Waals surface area contributed by atoms with Gasteiger partial charge in [0.15, 0.2) is 11.5 Å². The SMILES string of the molecule is COc1ccc(C(=O)NCC2CCC(CN3CCC(n4cc(-c5cnc(N)c(C(=O)O[C@@H](C(=O)Nc6ccc(F)cc6)c6ccccc6)n5)cn4)CC3)CC2)cc1I1CCC(=O)NC1=O. The van der Waals surface area contributed by atoms with E-state index in [4.69, 9.17) is 15.2 Å². The number of nitrogens with one attached hydrogen (secondary N) is 3. The molecule has 1 saturated carbocycles. The number of likely N-dealkylation sites (tertiary alicyclic amines) is 1. The quantitative estimate of drug-likeness (QED) is 0.0298. The number of methoxy groups -OCH3 is 1. The summed E-state index contributed by atoms with van der Waals surface area (Å²) in [6.45, 7) is 3.52. The van der Waals surface area contributed by atoms with Crippen molar-refractivity contribution in [3.05, 3.63) is 118 Å². The summed E-state index contributed by atoms with van der Waals surface area (Å²) < 4.78 is 27.7. The number of esters is 1. The van der Waals surface area contributed by atoms with E-state index in [0.29, 0.717) is 63.1 Å². The molecule has 1 atom stereocenters. The molecule has 2 aliphatic heterocycles. The van der Waals surface area contributed by atoms with Crippen LogP contribution in [0, 0.1) is 21.2 Å². The number of imide groups is 1. The first kappa shape index (κ1) is 45.3. The number of ether oxygens (including phenoxy) is 2. The Hall–Kier alpha value is -6.28. The topological polar surface area (TPSA) is 213 Å². The zero-order chi connectivity index (χ0) is 45.5. The molecule has 3 aromatic carbocycles. The summed E-state index contributed by atoms with van der Waals surface area (Å²) in [5.41, 5.74) is 8.15. The van der Waals surface area contributed by atoms with Crippen molar-refractivity contribution in [2.45, 2.75) is 57.1 Å². The van der Waals surface area contributed by atoms with E-state index in [-0.39, 0.29) is 33.3 Å². The third-order valence-electron chi connectivity index (χ3n) is 12.1. The number of anilines is 2. The van der Waals surface area contributed by atoms with Gasteiger partial charge in [0.05, 0.1) is 24.1 Å². The summed E-state index contributed by atoms with van der Waals surface area (Å²) in [7, 11) is 1.55. The Morgan fingerprint density at radius 3 is 2.42 bits per heavy atom. The van der Waals surface area contributed by atoms with Crippen LogP contribution < -0.4 is 26.4 Å². The Morgan fingerprint density at radius 2 is 1.69 bits per heavy atom. The van der Waals surface area contributed by atoms with Crippen LogP contribution in [-0.2, 0) is 14.3 Å². The minimum atomic E-state index is -2.40. The van der Waals surface area contributed by atoms with Crippen molar-refractivity contribution in [3.8, 4) is 17.0 Å². The molecule has 3 fully saturated rings. The summed E-state index contributed by atoms with van der Waals surface area (Å²) in [5, 5.41) is 12.9. The van der Waals surface area contributed by atoms with E-state index in [1.807, 2.05) is 10.9 Å². The molecular weight excluding hydrogens is 948 g/mol. The fourth-order valence-corrected chi connectivity index (χ4v) is 13.5. The van der Waals surface area contributed by atoms with Gasteiger partial charge in [-0.2, -0.15) is 5.10 Å². The molecule has 2 saturated heterocycles. The number of carbonyl (C=O) groups is 5. The summed E-state index contributed by atoms with van der Waals surface area (Å²) in [4.78, 5) is 75.8. The summed E-state index contributed by atoms with van der Waals surface area (Å²) in [6.07, 6.45) is 10.1. The molecule has 0 radical (unpaired) electrons. The molecule has 65 heavy (non-hydrogen) atoms. The first-order valence-corrected chi connectivity index (χ1v) is 25.4. The number of piperidine rings is 1. The van der Waals surface area contributed by atoms with Gasteiger partial charge in [-0.3, -0.25) is 9.48 Å². The third kappa shape index (κ3) is 11.2. The van der Waals surface area contributed by atoms with Gasteiger partial charge in [0, 0.05) is 36.1 Å². The number of aromatic nitrogens is 4. The van der Waals surface area contributed by atoms with E-state index in [9.17, 15) is 28.4 Å². The molecule has 1 aliphatic carbocycles. The molecule has 4 heterocycles. The van der Waals surface area contributed by atoms with E-state index in [2.05, 4.69) is 35.9 Å². The second-order valence-corrected chi connectivity index (χ2v) is 21.8. The summed E-state index contributed by atoms with van der Waals surface area (Å²) in [5.74, 6) is -1.03. The number of rotatable bonds is 14. The van der Waals surface area contributed by atoms with Crippen molar-refractivity contribution in [3.63, 3.8) is 0 Å². The van der Waals surface area contributed by atoms with Gasteiger partial charge in [0.1, 0.15) is 5.82 Å². The van der Waals surface area contributed by atoms with Crippen LogP contribution in [0.2, 0.25) is 0 Å². The first-order valence-electron chi connectivity index (χ1n) is 21.7. The zero-order valence-electron chi connectivity index (χ0n) is 35.9. The van der Waals surface area contributed by atoms with E-state index in [1.54, 1.807) is 61.8 Å². The van der Waals surface area contributed by atoms with Crippen LogP contribution in [0.3, 0.4) is 0 Å². The molecule has 3 aliphatic rings. The van der Waals surface area contributed by atoms with Crippen LogP contribution in [0.15, 0.2) is 91.4 Å². The second kappa shape index (κ2) is 20.7. The number of hydrogen-bond acceptors (Lipinski definition) is 12. The summed E-state index contributed by atoms with van der Waals surface area (Å²) in [6, 6.07) is 19.2. The number of nitrogens with zero attached hydrogens (tertiary/aromatic N) is 5. The Kier molecular flexibility index (Phi) is 14.4. The Labute approximate surface area is 382 Å². The minimum absolute atomic E-state index is 0.154. The number of amides is 4. The molecule has 18 heteroatoms. The molecule has 340 valence electrons. The molecular formula is C47H51FIN9O7. The molecule has 4 amide bonds. The zero-order valence-corrected chi connectivity index (χ0v) is 38.0. The number of benzene rings is 3. The molecule has 5 N–H and O–H groups in total. The number of nitrogen functional groups attached to an aromatic ring is 1. The molecule has 0 unspecified atom stereocenters. The van der Waals surface area contributed by atoms with Crippen molar-refractivity contribution in [1.29, 1.82) is 0 Å². The van der Waals surface area contributed by atoms with Crippen molar-refractivity contribution in [1.82, 2.24) is 35.3 Å². The fourth-order valence-electron chi connectivity index (χ4n) is 8.53. The average molecular weight is 1000 g/mol. The Balaban J connectivity index is 0.802. The van der Waals surface area contributed by atoms with Crippen molar-refractivity contribution in [2.75, 3.05) is 48.8 Å². The van der Waals surface area contributed by atoms with Gasteiger partial charge >= 0.3 is 178 Å². The van der Waals surface area contributed by atoms with Gasteiger partial charge < -0.3 is 15.8 Å². The van der Waals surface area contributed by atoms with Crippen molar-refractivity contribution >= 4 is 58.9 Å². The van der Waals surface area contributed by atoms with Gasteiger partial charge in [-0.1, -0.05) is 30.3 Å². The van der Waals surface area contributed by atoms with Crippen LogP contribution >= 0.6 is 19.8 Å². The molecule has 0 spiro atoms. The van der Waals surface area contributed by atoms with Gasteiger partial charge in [-0.15, -0.1) is 0 Å². The molecule has 16 nitrogen and oxygen atoms in total. The number of nitrogens with two attached hydrogens (primary N) is 1. The number of hydrogen-bond donors (Lipinski definition) is 4. The Morgan fingerprint density at radius 1 is 0.954 bits per heavy atom. The van der Waals surface area contributed by atoms with E-state index < -0.39 is 43.6 Å². The molecule has 5 aromatic rings. The number of alkyl halides is 1. The maximum atomic E-state index is 13.6. The number of halogens is 2. The monoisotopic (exact) mass is 999 g/mol. The van der Waals surface area contributed by atoms with Crippen molar-refractivity contribution in [2.24, 2.45) is 11.8 Å². The predicted molar refractivity (Wildman–Crippen MR) is 249 cm³/mol. The average Bonchev–Trinajstić information content (AvgIpc) is 3.82. The number of carbonyl (C=O) groups excluding carboxylic acids is 5. The van der Waals surface area contributed by atoms with Gasteiger partial charge in [0.25, 0.3) is 5.91 Å². The van der Waals surface area contributed by atoms with Crippen LogP contribution in [0.4, 0.5) is 20.7 Å². The standard InChI is InChI=1S/C47H51FIN9O7/c1-64-39-16-11-32(23-37(39)49-20-17-40(59)56-47(49)63)44(60)52-24-29-7-9-30(10-8-29)27-57-21-18-36(19-22-57)58-28-33(25-53-58)38-26-51-43(50)41(55-38)46(62)65-42(31-5-3-2-4-6-31)45(61)54-35-14-12-34(48)13-15-35/h2-6,11-16,23,25-26,28-30,36,42H,7-10,17-22,24,27H2,1H3,(H2,50,51)(H,52,60)(H,54,61)(H,56,59,63)/t29?,30?,42-/m1/s1. The molecule has 8 rings (SSSR count). The van der Waals surface area contributed by atoms with Crippen LogP contribution in [0.1, 0.15) is 83.5 Å². The predicted octanol–water partition coefficient (Wildman–Crippen LogP) is 6.80. The fraction of sp³-hybridized carbons (Fsp3) is 0.362. The molecule has 2 aromatic heterocycles. The van der Waals surface area contributed by atoms with Crippen LogP contribution in [0.5, 0.6) is 5.75 Å².